The molecule has 1 aromatic carbocycles. The van der Waals surface area contributed by atoms with E-state index in [9.17, 15) is 4.79 Å². The summed E-state index contributed by atoms with van der Waals surface area (Å²) in [7, 11) is 0. The van der Waals surface area contributed by atoms with Gasteiger partial charge >= 0.3 is 6.09 Å². The monoisotopic (exact) mass is 395 g/mol. The average molecular weight is 395 g/mol. The van der Waals surface area contributed by atoms with E-state index in [1.165, 1.54) is 0 Å². The van der Waals surface area contributed by atoms with Gasteiger partial charge < -0.3 is 21.1 Å². The van der Waals surface area contributed by atoms with Crippen molar-refractivity contribution >= 4 is 28.8 Å². The number of nitrogens with zero attached hydrogens (tertiary/aromatic N) is 4. The van der Waals surface area contributed by atoms with Gasteiger partial charge in [0.25, 0.3) is 0 Å². The van der Waals surface area contributed by atoms with Crippen LogP contribution in [0.5, 0.6) is 0 Å². The van der Waals surface area contributed by atoms with E-state index in [2.05, 4.69) is 37.3 Å². The molecular weight excluding hydrogens is 370 g/mol. The SMILES string of the molecule is Cc1n[nH]c2cc(-c3cc(N4C[C@H](C)C[C@H](CNC(=O)O)C4)nc(N)n3)ccc12. The molecule has 2 aromatic heterocycles. The number of carbonyl (C=O) groups is 1. The van der Waals surface area contributed by atoms with Crippen molar-refractivity contribution in [2.75, 3.05) is 30.3 Å². The van der Waals surface area contributed by atoms with E-state index in [0.717, 1.165) is 53.2 Å². The van der Waals surface area contributed by atoms with Gasteiger partial charge in [-0.3, -0.25) is 5.10 Å². The second-order valence-electron chi connectivity index (χ2n) is 7.84. The molecule has 0 spiro atoms. The lowest BCUT2D eigenvalue weighted by Crippen LogP contribution is -2.44. The van der Waals surface area contributed by atoms with Crippen LogP contribution < -0.4 is 16.0 Å². The van der Waals surface area contributed by atoms with Gasteiger partial charge in [0.1, 0.15) is 5.82 Å². The maximum Gasteiger partial charge on any atom is 0.404 e. The Morgan fingerprint density at radius 3 is 2.97 bits per heavy atom. The first kappa shape index (κ1) is 19.0. The standard InChI is InChI=1S/C20H25N7O2/c1-11-5-13(8-22-20(28)29)10-27(9-11)18-7-16(23-19(21)24-18)14-3-4-15-12(2)25-26-17(15)6-14/h3-4,6-7,11,13,22H,5,8-10H2,1-2H3,(H,25,26)(H,28,29)(H2,21,23,24)/t11-,13-/m1/s1. The Labute approximate surface area is 168 Å². The number of aromatic nitrogens is 4. The van der Waals surface area contributed by atoms with Crippen molar-refractivity contribution in [3.63, 3.8) is 0 Å². The summed E-state index contributed by atoms with van der Waals surface area (Å²) in [5, 5.41) is 19.8. The quantitative estimate of drug-likeness (QED) is 0.534. The van der Waals surface area contributed by atoms with Gasteiger partial charge in [-0.05, 0) is 31.2 Å². The number of piperidine rings is 1. The Balaban J connectivity index is 1.62. The lowest BCUT2D eigenvalue weighted by Gasteiger charge is -2.37. The van der Waals surface area contributed by atoms with Crippen LogP contribution in [0.15, 0.2) is 24.3 Å². The van der Waals surface area contributed by atoms with E-state index in [1.807, 2.05) is 31.2 Å². The molecular formula is C20H25N7O2. The Kier molecular flexibility index (Phi) is 4.96. The van der Waals surface area contributed by atoms with E-state index >= 15 is 0 Å². The van der Waals surface area contributed by atoms with E-state index in [4.69, 9.17) is 10.8 Å². The zero-order chi connectivity index (χ0) is 20.5. The van der Waals surface area contributed by atoms with Crippen LogP contribution in [0.3, 0.4) is 0 Å². The molecule has 1 amide bonds. The van der Waals surface area contributed by atoms with Crippen molar-refractivity contribution in [2.45, 2.75) is 20.3 Å². The molecule has 1 aliphatic rings. The smallest absolute Gasteiger partial charge is 0.404 e. The topological polar surface area (TPSA) is 133 Å². The highest BCUT2D eigenvalue weighted by Gasteiger charge is 2.26. The molecule has 2 atom stereocenters. The third-order valence-corrected chi connectivity index (χ3v) is 5.39. The van der Waals surface area contributed by atoms with Crippen LogP contribution >= 0.6 is 0 Å². The number of nitrogen functional groups attached to an aromatic ring is 1. The van der Waals surface area contributed by atoms with Crippen LogP contribution in [0, 0.1) is 18.8 Å². The van der Waals surface area contributed by atoms with Crippen molar-refractivity contribution in [3.05, 3.63) is 30.0 Å². The fourth-order valence-corrected chi connectivity index (χ4v) is 4.13. The fraction of sp³-hybridized carbons (Fsp3) is 0.400. The Hall–Kier alpha value is -3.36. The molecule has 9 nitrogen and oxygen atoms in total. The minimum absolute atomic E-state index is 0.219. The van der Waals surface area contributed by atoms with Crippen molar-refractivity contribution in [1.29, 1.82) is 0 Å². The highest BCUT2D eigenvalue weighted by molar-refractivity contribution is 5.85. The lowest BCUT2D eigenvalue weighted by molar-refractivity contribution is 0.190. The van der Waals surface area contributed by atoms with Gasteiger partial charge in [-0.25, -0.2) is 9.78 Å². The summed E-state index contributed by atoms with van der Waals surface area (Å²) in [6, 6.07) is 7.99. The fourth-order valence-electron chi connectivity index (χ4n) is 4.13. The first-order valence-corrected chi connectivity index (χ1v) is 9.70. The predicted octanol–water partition coefficient (Wildman–Crippen LogP) is 2.64. The molecule has 29 heavy (non-hydrogen) atoms. The number of fused-ring (bicyclic) bond motifs is 1. The van der Waals surface area contributed by atoms with Gasteiger partial charge in [-0.2, -0.15) is 10.1 Å². The zero-order valence-corrected chi connectivity index (χ0v) is 16.5. The van der Waals surface area contributed by atoms with Crippen LogP contribution in [0.25, 0.3) is 22.2 Å². The number of H-pyrrole nitrogens is 1. The number of aromatic amines is 1. The van der Waals surface area contributed by atoms with Crippen LogP contribution in [0.2, 0.25) is 0 Å². The van der Waals surface area contributed by atoms with Gasteiger partial charge in [0.05, 0.1) is 16.9 Å². The van der Waals surface area contributed by atoms with Gasteiger partial charge in [-0.1, -0.05) is 19.1 Å². The number of anilines is 2. The number of aryl methyl sites for hydroxylation is 1. The molecule has 3 aromatic rings. The lowest BCUT2D eigenvalue weighted by atomic mass is 9.90. The minimum atomic E-state index is -0.993. The number of nitrogens with one attached hydrogen (secondary N) is 2. The Morgan fingerprint density at radius 1 is 1.34 bits per heavy atom. The van der Waals surface area contributed by atoms with Crippen molar-refractivity contribution in [2.24, 2.45) is 11.8 Å². The molecule has 1 aliphatic heterocycles. The van der Waals surface area contributed by atoms with Crippen LogP contribution in [-0.4, -0.2) is 51.0 Å². The highest BCUT2D eigenvalue weighted by Crippen LogP contribution is 2.29. The molecule has 0 bridgehead atoms. The van der Waals surface area contributed by atoms with Gasteiger partial charge in [0, 0.05) is 36.7 Å². The summed E-state index contributed by atoms with van der Waals surface area (Å²) in [4.78, 5) is 21.9. The van der Waals surface area contributed by atoms with Crippen molar-refractivity contribution in [1.82, 2.24) is 25.5 Å². The number of nitrogens with two attached hydrogens (primary N) is 1. The van der Waals surface area contributed by atoms with Crippen LogP contribution in [0.4, 0.5) is 16.6 Å². The van der Waals surface area contributed by atoms with Gasteiger partial charge in [-0.15, -0.1) is 0 Å². The average Bonchev–Trinajstić information content (AvgIpc) is 3.06. The molecule has 4 rings (SSSR count). The summed E-state index contributed by atoms with van der Waals surface area (Å²) in [6.07, 6.45) is -0.0205. The first-order valence-electron chi connectivity index (χ1n) is 9.70. The molecule has 0 saturated carbocycles. The molecule has 5 N–H and O–H groups in total. The van der Waals surface area contributed by atoms with Crippen LogP contribution in [-0.2, 0) is 0 Å². The van der Waals surface area contributed by atoms with Gasteiger partial charge in [0.15, 0.2) is 0 Å². The number of rotatable bonds is 4. The normalized spacial score (nSPS) is 19.4. The molecule has 9 heteroatoms. The molecule has 152 valence electrons. The summed E-state index contributed by atoms with van der Waals surface area (Å²) < 4.78 is 0. The predicted molar refractivity (Wildman–Crippen MR) is 112 cm³/mol. The number of hydrogen-bond donors (Lipinski definition) is 4. The number of benzene rings is 1. The first-order chi connectivity index (χ1) is 13.9. The number of hydrogen-bond acceptors (Lipinski definition) is 6. The molecule has 0 unspecified atom stereocenters. The maximum atomic E-state index is 10.8. The van der Waals surface area contributed by atoms with Crippen LogP contribution in [0.1, 0.15) is 19.0 Å². The summed E-state index contributed by atoms with van der Waals surface area (Å²) in [5.41, 5.74) is 9.62. The van der Waals surface area contributed by atoms with E-state index in [1.54, 1.807) is 0 Å². The number of carboxylic acid groups (broad SMARTS) is 1. The molecule has 0 aliphatic carbocycles. The Bertz CT molecular complexity index is 1050. The Morgan fingerprint density at radius 2 is 2.17 bits per heavy atom. The van der Waals surface area contributed by atoms with Gasteiger partial charge in [0.2, 0.25) is 5.95 Å². The van der Waals surface area contributed by atoms with Crippen molar-refractivity contribution in [3.8, 4) is 11.3 Å². The highest BCUT2D eigenvalue weighted by atomic mass is 16.4. The summed E-state index contributed by atoms with van der Waals surface area (Å²) in [6.45, 7) is 6.13. The molecule has 0 radical (unpaired) electrons. The summed E-state index contributed by atoms with van der Waals surface area (Å²) in [5.74, 6) is 1.63. The third-order valence-electron chi connectivity index (χ3n) is 5.39. The zero-order valence-electron chi connectivity index (χ0n) is 16.5. The molecule has 1 saturated heterocycles. The maximum absolute atomic E-state index is 10.8. The summed E-state index contributed by atoms with van der Waals surface area (Å²) >= 11 is 0. The van der Waals surface area contributed by atoms with E-state index in [-0.39, 0.29) is 11.9 Å². The minimum Gasteiger partial charge on any atom is -0.465 e. The van der Waals surface area contributed by atoms with Crippen molar-refractivity contribution < 1.29 is 9.90 Å². The third kappa shape index (κ3) is 4.08. The largest absolute Gasteiger partial charge is 0.465 e. The van der Waals surface area contributed by atoms with E-state index in [0.29, 0.717) is 12.5 Å². The van der Waals surface area contributed by atoms with E-state index < -0.39 is 6.09 Å². The molecule has 3 heterocycles. The number of amides is 1. The second-order valence-corrected chi connectivity index (χ2v) is 7.84. The molecule has 1 fully saturated rings. The second kappa shape index (κ2) is 7.57.